The Hall–Kier alpha value is -0.420. The van der Waals surface area contributed by atoms with Crippen molar-refractivity contribution in [1.29, 1.82) is 0 Å². The monoisotopic (exact) mass is 350 g/mol. The molecule has 3 fully saturated rings. The van der Waals surface area contributed by atoms with E-state index in [1.807, 2.05) is 0 Å². The molecule has 0 spiro atoms. The average Bonchev–Trinajstić information content (AvgIpc) is 2.80. The van der Waals surface area contributed by atoms with Crippen molar-refractivity contribution in [2.75, 3.05) is 0 Å². The van der Waals surface area contributed by atoms with Crippen LogP contribution in [0.3, 0.4) is 0 Å². The molecule has 3 saturated carbocycles. The van der Waals surface area contributed by atoms with Crippen LogP contribution in [0.15, 0.2) is 11.6 Å². The first-order valence-electron chi connectivity index (χ1n) is 10.1. The Labute approximate surface area is 151 Å². The van der Waals surface area contributed by atoms with E-state index in [0.29, 0.717) is 24.7 Å². The standard InChI is InChI=1S/C21H34O4/c1-12(22)21(25)9-7-16-15-5-4-13-10-14(23)6-8-19(13,2)18(15)17(24)11-20(16,21)3/h4,12,14-18,22-25H,5-11H2,1-3H3. The first-order chi connectivity index (χ1) is 11.6. The van der Waals surface area contributed by atoms with Gasteiger partial charge in [0.05, 0.1) is 23.9 Å². The number of aliphatic hydroxyl groups excluding tert-OH is 3. The van der Waals surface area contributed by atoms with Crippen LogP contribution in [-0.2, 0) is 0 Å². The van der Waals surface area contributed by atoms with Gasteiger partial charge in [-0.1, -0.05) is 25.5 Å². The highest BCUT2D eigenvalue weighted by molar-refractivity contribution is 5.27. The second kappa shape index (κ2) is 5.54. The van der Waals surface area contributed by atoms with E-state index in [0.717, 1.165) is 32.1 Å². The fraction of sp³-hybridized carbons (Fsp3) is 0.905. The highest BCUT2D eigenvalue weighted by atomic mass is 16.3. The summed E-state index contributed by atoms with van der Waals surface area (Å²) < 4.78 is 0. The van der Waals surface area contributed by atoms with Crippen molar-refractivity contribution < 1.29 is 20.4 Å². The maximum absolute atomic E-state index is 11.3. The van der Waals surface area contributed by atoms with Crippen molar-refractivity contribution in [3.63, 3.8) is 0 Å². The summed E-state index contributed by atoms with van der Waals surface area (Å²) >= 11 is 0. The molecule has 9 unspecified atom stereocenters. The maximum Gasteiger partial charge on any atom is 0.0959 e. The van der Waals surface area contributed by atoms with Gasteiger partial charge in [-0.05, 0) is 75.0 Å². The zero-order chi connectivity index (χ0) is 18.2. The van der Waals surface area contributed by atoms with Gasteiger partial charge in [-0.3, -0.25) is 0 Å². The lowest BCUT2D eigenvalue weighted by molar-refractivity contribution is -0.197. The quantitative estimate of drug-likeness (QED) is 0.548. The van der Waals surface area contributed by atoms with Crippen LogP contribution in [0.4, 0.5) is 0 Å². The van der Waals surface area contributed by atoms with Crippen LogP contribution < -0.4 is 0 Å². The fourth-order valence-electron chi connectivity index (χ4n) is 7.50. The van der Waals surface area contributed by atoms with Gasteiger partial charge in [-0.25, -0.2) is 0 Å². The second-order valence-corrected chi connectivity index (χ2v) is 9.90. The zero-order valence-corrected chi connectivity index (χ0v) is 15.8. The summed E-state index contributed by atoms with van der Waals surface area (Å²) in [5.41, 5.74) is -0.234. The minimum Gasteiger partial charge on any atom is -0.393 e. The summed E-state index contributed by atoms with van der Waals surface area (Å²) in [5.74, 6) is 0.891. The highest BCUT2D eigenvalue weighted by Gasteiger charge is 2.67. The van der Waals surface area contributed by atoms with Crippen molar-refractivity contribution in [3.05, 3.63) is 11.6 Å². The molecule has 4 rings (SSSR count). The molecule has 4 aliphatic carbocycles. The molecule has 4 aliphatic rings. The van der Waals surface area contributed by atoms with Gasteiger partial charge in [0.2, 0.25) is 0 Å². The number of aliphatic hydroxyl groups is 4. The van der Waals surface area contributed by atoms with E-state index >= 15 is 0 Å². The van der Waals surface area contributed by atoms with E-state index in [1.165, 1.54) is 5.57 Å². The minimum atomic E-state index is -1.10. The Balaban J connectivity index is 1.73. The number of hydrogen-bond donors (Lipinski definition) is 4. The molecule has 0 bridgehead atoms. The third-order valence-corrected chi connectivity index (χ3v) is 8.92. The summed E-state index contributed by atoms with van der Waals surface area (Å²) in [4.78, 5) is 0. The van der Waals surface area contributed by atoms with Crippen LogP contribution in [0.5, 0.6) is 0 Å². The lowest BCUT2D eigenvalue weighted by Crippen LogP contribution is -2.62. The Morgan fingerprint density at radius 2 is 1.88 bits per heavy atom. The first-order valence-corrected chi connectivity index (χ1v) is 10.1. The summed E-state index contributed by atoms with van der Waals surface area (Å²) in [6.07, 6.45) is 6.36. The lowest BCUT2D eigenvalue weighted by Gasteiger charge is -2.60. The largest absolute Gasteiger partial charge is 0.393 e. The van der Waals surface area contributed by atoms with Crippen LogP contribution in [0, 0.1) is 28.6 Å². The molecule has 0 saturated heterocycles. The van der Waals surface area contributed by atoms with E-state index in [9.17, 15) is 20.4 Å². The Morgan fingerprint density at radius 1 is 1.16 bits per heavy atom. The topological polar surface area (TPSA) is 80.9 Å². The van der Waals surface area contributed by atoms with Gasteiger partial charge in [0.1, 0.15) is 0 Å². The number of hydrogen-bond acceptors (Lipinski definition) is 4. The number of fused-ring (bicyclic) bond motifs is 5. The van der Waals surface area contributed by atoms with E-state index < -0.39 is 23.2 Å². The van der Waals surface area contributed by atoms with Crippen LogP contribution in [-0.4, -0.2) is 44.3 Å². The molecule has 0 radical (unpaired) electrons. The Bertz CT molecular complexity index is 586. The third-order valence-electron chi connectivity index (χ3n) is 8.92. The Kier molecular flexibility index (Phi) is 3.98. The molecular weight excluding hydrogens is 316 g/mol. The zero-order valence-electron chi connectivity index (χ0n) is 15.8. The van der Waals surface area contributed by atoms with Crippen LogP contribution in [0.2, 0.25) is 0 Å². The minimum absolute atomic E-state index is 0.0333. The fourth-order valence-corrected chi connectivity index (χ4v) is 7.50. The molecule has 142 valence electrons. The van der Waals surface area contributed by atoms with Gasteiger partial charge >= 0.3 is 0 Å². The van der Waals surface area contributed by atoms with Crippen LogP contribution >= 0.6 is 0 Å². The van der Waals surface area contributed by atoms with Crippen molar-refractivity contribution in [2.24, 2.45) is 28.6 Å². The van der Waals surface area contributed by atoms with E-state index in [4.69, 9.17) is 0 Å². The first kappa shape index (κ1) is 18.0. The Morgan fingerprint density at radius 3 is 2.56 bits per heavy atom. The van der Waals surface area contributed by atoms with E-state index in [2.05, 4.69) is 19.9 Å². The summed E-state index contributed by atoms with van der Waals surface area (Å²) in [5, 5.41) is 42.8. The van der Waals surface area contributed by atoms with Gasteiger partial charge in [-0.2, -0.15) is 0 Å². The van der Waals surface area contributed by atoms with Gasteiger partial charge in [-0.15, -0.1) is 0 Å². The molecule has 4 N–H and O–H groups in total. The molecule has 9 atom stereocenters. The van der Waals surface area contributed by atoms with Crippen molar-refractivity contribution in [3.8, 4) is 0 Å². The second-order valence-electron chi connectivity index (χ2n) is 9.90. The molecular formula is C21H34O4. The smallest absolute Gasteiger partial charge is 0.0959 e. The highest BCUT2D eigenvalue weighted by Crippen LogP contribution is 2.67. The molecule has 4 heteroatoms. The molecule has 0 heterocycles. The number of rotatable bonds is 1. The van der Waals surface area contributed by atoms with E-state index in [1.54, 1.807) is 6.92 Å². The number of allylic oxidation sites excluding steroid dienone is 1. The molecule has 25 heavy (non-hydrogen) atoms. The maximum atomic E-state index is 11.3. The molecule has 0 aromatic rings. The van der Waals surface area contributed by atoms with Crippen molar-refractivity contribution >= 4 is 0 Å². The SMILES string of the molecule is CC(O)C1(O)CCC2C3CC=C4CC(O)CCC4(C)C3C(O)CC21C. The lowest BCUT2D eigenvalue weighted by atomic mass is 9.46. The van der Waals surface area contributed by atoms with Gasteiger partial charge in [0.25, 0.3) is 0 Å². The average molecular weight is 350 g/mol. The van der Waals surface area contributed by atoms with Gasteiger partial charge in [0, 0.05) is 5.41 Å². The molecule has 0 amide bonds. The summed E-state index contributed by atoms with van der Waals surface area (Å²) in [7, 11) is 0. The molecule has 4 nitrogen and oxygen atoms in total. The third kappa shape index (κ3) is 2.20. The predicted octanol–water partition coefficient (Wildman–Crippen LogP) is 2.39. The summed E-state index contributed by atoms with van der Waals surface area (Å²) in [6, 6.07) is 0. The molecule has 0 aliphatic heterocycles. The van der Waals surface area contributed by atoms with Gasteiger partial charge in [0.15, 0.2) is 0 Å². The molecule has 0 aromatic heterocycles. The van der Waals surface area contributed by atoms with E-state index in [-0.39, 0.29) is 17.4 Å². The summed E-state index contributed by atoms with van der Waals surface area (Å²) in [6.45, 7) is 6.06. The van der Waals surface area contributed by atoms with Crippen LogP contribution in [0.1, 0.15) is 65.7 Å². The van der Waals surface area contributed by atoms with Crippen LogP contribution in [0.25, 0.3) is 0 Å². The van der Waals surface area contributed by atoms with Gasteiger partial charge < -0.3 is 20.4 Å². The van der Waals surface area contributed by atoms with Crippen molar-refractivity contribution in [2.45, 2.75) is 89.6 Å². The predicted molar refractivity (Wildman–Crippen MR) is 95.7 cm³/mol. The molecule has 0 aromatic carbocycles. The van der Waals surface area contributed by atoms with Crippen molar-refractivity contribution in [1.82, 2.24) is 0 Å². The normalized spacial score (nSPS) is 56.4.